The van der Waals surface area contributed by atoms with Gasteiger partial charge in [0.05, 0.1) is 22.7 Å². The number of nitrogens with zero attached hydrogens (tertiary/aromatic N) is 3. The van der Waals surface area contributed by atoms with Gasteiger partial charge in [-0.2, -0.15) is 0 Å². The summed E-state index contributed by atoms with van der Waals surface area (Å²) in [4.78, 5) is 30.4. The molecule has 1 aromatic heterocycles. The summed E-state index contributed by atoms with van der Waals surface area (Å²) in [6, 6.07) is 5.67. The van der Waals surface area contributed by atoms with Crippen LogP contribution in [0.15, 0.2) is 23.4 Å². The van der Waals surface area contributed by atoms with E-state index in [1.54, 1.807) is 4.90 Å². The third-order valence-electron chi connectivity index (χ3n) is 4.62. The number of nitrogens with two attached hydrogens (primary N) is 1. The summed E-state index contributed by atoms with van der Waals surface area (Å²) >= 11 is 7.50. The van der Waals surface area contributed by atoms with Crippen molar-refractivity contribution in [3.8, 4) is 0 Å². The molecule has 2 aromatic rings. The molecule has 1 saturated heterocycles. The van der Waals surface area contributed by atoms with Crippen LogP contribution >= 0.6 is 23.4 Å². The maximum Gasteiger partial charge on any atom is 0.233 e. The average molecular weight is 395 g/mol. The molecule has 1 aliphatic heterocycles. The van der Waals surface area contributed by atoms with Crippen LogP contribution in [-0.4, -0.2) is 45.1 Å². The number of halogens is 1. The number of aromatic nitrogens is 2. The topological polar surface area (TPSA) is 81.2 Å². The minimum atomic E-state index is -0.322. The van der Waals surface area contributed by atoms with Crippen molar-refractivity contribution >= 4 is 46.2 Å². The molecule has 6 nitrogen and oxygen atoms in total. The normalized spacial score (nSPS) is 17.6. The highest BCUT2D eigenvalue weighted by molar-refractivity contribution is 7.99. The molecule has 140 valence electrons. The van der Waals surface area contributed by atoms with Gasteiger partial charge < -0.3 is 15.2 Å². The van der Waals surface area contributed by atoms with Gasteiger partial charge in [0, 0.05) is 24.7 Å². The first-order valence-corrected chi connectivity index (χ1v) is 10.2. The summed E-state index contributed by atoms with van der Waals surface area (Å²) < 4.78 is 2.13. The lowest BCUT2D eigenvalue weighted by Crippen LogP contribution is -2.44. The van der Waals surface area contributed by atoms with Crippen LogP contribution in [-0.2, 0) is 16.1 Å². The summed E-state index contributed by atoms with van der Waals surface area (Å²) in [5.41, 5.74) is 7.26. The molecule has 26 heavy (non-hydrogen) atoms. The zero-order chi connectivity index (χ0) is 18.7. The second-order valence-corrected chi connectivity index (χ2v) is 7.93. The number of amides is 2. The Labute approximate surface area is 162 Å². The third-order valence-corrected chi connectivity index (χ3v) is 5.82. The average Bonchev–Trinajstić information content (AvgIpc) is 2.96. The Morgan fingerprint density at radius 3 is 2.96 bits per heavy atom. The number of likely N-dealkylation sites (tertiary alicyclic amines) is 1. The van der Waals surface area contributed by atoms with E-state index in [9.17, 15) is 9.59 Å². The van der Waals surface area contributed by atoms with Gasteiger partial charge in [0.2, 0.25) is 11.8 Å². The van der Waals surface area contributed by atoms with Crippen molar-refractivity contribution in [1.29, 1.82) is 0 Å². The van der Waals surface area contributed by atoms with Crippen LogP contribution < -0.4 is 5.73 Å². The standard InChI is InChI=1S/C18H23ClN4O2S/c1-2-7-23-15-6-5-13(19)9-14(15)21-18(23)26-11-16(24)22-8-3-4-12(10-22)17(20)25/h5-6,9,12H,2-4,7-8,10-11H2,1H3,(H2,20,25). The van der Waals surface area contributed by atoms with Crippen molar-refractivity contribution in [2.24, 2.45) is 11.7 Å². The van der Waals surface area contributed by atoms with Gasteiger partial charge in [-0.05, 0) is 37.5 Å². The fourth-order valence-corrected chi connectivity index (χ4v) is 4.39. The number of primary amides is 1. The number of aryl methyl sites for hydroxylation is 1. The maximum absolute atomic E-state index is 12.6. The highest BCUT2D eigenvalue weighted by Crippen LogP contribution is 2.27. The molecule has 8 heteroatoms. The van der Waals surface area contributed by atoms with Crippen LogP contribution in [0, 0.1) is 5.92 Å². The molecule has 1 unspecified atom stereocenters. The van der Waals surface area contributed by atoms with E-state index < -0.39 is 0 Å². The smallest absolute Gasteiger partial charge is 0.233 e. The number of imidazole rings is 1. The van der Waals surface area contributed by atoms with Gasteiger partial charge in [-0.25, -0.2) is 4.98 Å². The van der Waals surface area contributed by atoms with Gasteiger partial charge in [-0.1, -0.05) is 30.3 Å². The van der Waals surface area contributed by atoms with E-state index in [0.29, 0.717) is 23.9 Å². The van der Waals surface area contributed by atoms with E-state index in [4.69, 9.17) is 17.3 Å². The molecular formula is C18H23ClN4O2S. The Morgan fingerprint density at radius 1 is 1.42 bits per heavy atom. The monoisotopic (exact) mass is 394 g/mol. The highest BCUT2D eigenvalue weighted by Gasteiger charge is 2.27. The summed E-state index contributed by atoms with van der Waals surface area (Å²) in [5, 5.41) is 1.47. The molecule has 1 fully saturated rings. The van der Waals surface area contributed by atoms with E-state index in [1.807, 2.05) is 18.2 Å². The molecule has 0 radical (unpaired) electrons. The largest absolute Gasteiger partial charge is 0.369 e. The second kappa shape index (κ2) is 8.31. The van der Waals surface area contributed by atoms with Gasteiger partial charge in [0.1, 0.15) is 0 Å². The Morgan fingerprint density at radius 2 is 2.23 bits per heavy atom. The van der Waals surface area contributed by atoms with Crippen LogP contribution in [0.1, 0.15) is 26.2 Å². The van der Waals surface area contributed by atoms with Crippen molar-refractivity contribution in [2.45, 2.75) is 37.9 Å². The number of hydrogen-bond donors (Lipinski definition) is 1. The van der Waals surface area contributed by atoms with Gasteiger partial charge in [-0.3, -0.25) is 9.59 Å². The predicted octanol–water partition coefficient (Wildman–Crippen LogP) is 2.92. The number of benzene rings is 1. The molecule has 2 amide bonds. The number of rotatable bonds is 6. The number of thioether (sulfide) groups is 1. The fourth-order valence-electron chi connectivity index (χ4n) is 3.28. The Balaban J connectivity index is 1.71. The second-order valence-electron chi connectivity index (χ2n) is 6.55. The predicted molar refractivity (Wildman–Crippen MR) is 104 cm³/mol. The number of fused-ring (bicyclic) bond motifs is 1. The van der Waals surface area contributed by atoms with Crippen molar-refractivity contribution in [2.75, 3.05) is 18.8 Å². The minimum absolute atomic E-state index is 0.0223. The first kappa shape index (κ1) is 19.0. The number of hydrogen-bond acceptors (Lipinski definition) is 4. The zero-order valence-electron chi connectivity index (χ0n) is 14.8. The Bertz CT molecular complexity index is 823. The molecule has 2 heterocycles. The first-order chi connectivity index (χ1) is 12.5. The number of carbonyl (C=O) groups excluding carboxylic acids is 2. The summed E-state index contributed by atoms with van der Waals surface area (Å²) in [5.74, 6) is -0.234. The summed E-state index contributed by atoms with van der Waals surface area (Å²) in [6.45, 7) is 4.06. The maximum atomic E-state index is 12.6. The van der Waals surface area contributed by atoms with Gasteiger partial charge in [-0.15, -0.1) is 0 Å². The molecule has 1 aromatic carbocycles. The van der Waals surface area contributed by atoms with E-state index in [-0.39, 0.29) is 17.7 Å². The van der Waals surface area contributed by atoms with Crippen LogP contribution in [0.5, 0.6) is 0 Å². The van der Waals surface area contributed by atoms with Crippen molar-refractivity contribution in [3.63, 3.8) is 0 Å². The molecular weight excluding hydrogens is 372 g/mol. The molecule has 0 spiro atoms. The molecule has 1 aliphatic rings. The molecule has 2 N–H and O–H groups in total. The van der Waals surface area contributed by atoms with Crippen LogP contribution in [0.4, 0.5) is 0 Å². The first-order valence-electron chi connectivity index (χ1n) is 8.85. The van der Waals surface area contributed by atoms with Gasteiger partial charge >= 0.3 is 0 Å². The highest BCUT2D eigenvalue weighted by atomic mass is 35.5. The molecule has 0 bridgehead atoms. The van der Waals surface area contributed by atoms with Crippen molar-refractivity contribution in [1.82, 2.24) is 14.5 Å². The fraction of sp³-hybridized carbons (Fsp3) is 0.500. The minimum Gasteiger partial charge on any atom is -0.369 e. The van der Waals surface area contributed by atoms with Crippen LogP contribution in [0.3, 0.4) is 0 Å². The van der Waals surface area contributed by atoms with Crippen molar-refractivity contribution < 1.29 is 9.59 Å². The molecule has 1 atom stereocenters. The molecule has 0 saturated carbocycles. The van der Waals surface area contributed by atoms with E-state index in [2.05, 4.69) is 16.5 Å². The SMILES string of the molecule is CCCn1c(SCC(=O)N2CCCC(C(N)=O)C2)nc2cc(Cl)ccc21. The quantitative estimate of drug-likeness (QED) is 0.764. The summed E-state index contributed by atoms with van der Waals surface area (Å²) in [7, 11) is 0. The van der Waals surface area contributed by atoms with E-state index in [1.165, 1.54) is 11.8 Å². The lowest BCUT2D eigenvalue weighted by molar-refractivity contribution is -0.132. The lowest BCUT2D eigenvalue weighted by Gasteiger charge is -2.31. The van der Waals surface area contributed by atoms with E-state index >= 15 is 0 Å². The lowest BCUT2D eigenvalue weighted by atomic mass is 9.97. The zero-order valence-corrected chi connectivity index (χ0v) is 16.4. The third kappa shape index (κ3) is 4.15. The van der Waals surface area contributed by atoms with Gasteiger partial charge in [0.25, 0.3) is 0 Å². The molecule has 3 rings (SSSR count). The van der Waals surface area contributed by atoms with Crippen LogP contribution in [0.2, 0.25) is 5.02 Å². The van der Waals surface area contributed by atoms with Gasteiger partial charge in [0.15, 0.2) is 5.16 Å². The van der Waals surface area contributed by atoms with Crippen molar-refractivity contribution in [3.05, 3.63) is 23.2 Å². The summed E-state index contributed by atoms with van der Waals surface area (Å²) in [6.07, 6.45) is 2.55. The Hall–Kier alpha value is -1.73. The van der Waals surface area contributed by atoms with Crippen LogP contribution in [0.25, 0.3) is 11.0 Å². The number of piperidine rings is 1. The Kier molecular flexibility index (Phi) is 6.09. The molecule has 0 aliphatic carbocycles. The number of carbonyl (C=O) groups is 2. The van der Waals surface area contributed by atoms with E-state index in [0.717, 1.165) is 42.0 Å².